The van der Waals surface area contributed by atoms with Gasteiger partial charge in [-0.15, -0.1) is 0 Å². The molecule has 0 bridgehead atoms. The number of aryl methyl sites for hydroxylation is 1. The van der Waals surface area contributed by atoms with Gasteiger partial charge in [0.15, 0.2) is 0 Å². The molecule has 0 saturated carbocycles. The summed E-state index contributed by atoms with van der Waals surface area (Å²) in [6, 6.07) is 5.39. The fourth-order valence-corrected chi connectivity index (χ4v) is 2.89. The number of hydrogen-bond donors (Lipinski definition) is 1. The molecular weight excluding hydrogens is 268 g/mol. The predicted octanol–water partition coefficient (Wildman–Crippen LogP) is 2.19. The number of ether oxygens (including phenoxy) is 1. The van der Waals surface area contributed by atoms with E-state index in [4.69, 9.17) is 9.84 Å². The van der Waals surface area contributed by atoms with E-state index in [0.29, 0.717) is 5.56 Å². The second-order valence-electron chi connectivity index (χ2n) is 5.37. The van der Waals surface area contributed by atoms with Crippen LogP contribution in [0, 0.1) is 0 Å². The molecule has 0 spiro atoms. The van der Waals surface area contributed by atoms with Crippen LogP contribution in [0.3, 0.4) is 0 Å². The van der Waals surface area contributed by atoms with Gasteiger partial charge in [0.25, 0.3) is 0 Å². The number of aromatic carboxylic acids is 1. The first-order chi connectivity index (χ1) is 10.2. The van der Waals surface area contributed by atoms with Gasteiger partial charge in [-0.25, -0.2) is 4.79 Å². The Hall–Kier alpha value is -1.85. The van der Waals surface area contributed by atoms with Crippen LogP contribution in [0.1, 0.15) is 22.8 Å². The highest BCUT2D eigenvalue weighted by Gasteiger charge is 2.15. The van der Waals surface area contributed by atoms with E-state index in [1.807, 2.05) is 6.07 Å². The summed E-state index contributed by atoms with van der Waals surface area (Å²) in [4.78, 5) is 13.5. The number of nitrogens with zero attached hydrogens (tertiary/aromatic N) is 2. The lowest BCUT2D eigenvalue weighted by Gasteiger charge is -2.26. The van der Waals surface area contributed by atoms with Gasteiger partial charge in [0.2, 0.25) is 0 Å². The molecule has 1 fully saturated rings. The van der Waals surface area contributed by atoms with E-state index in [1.54, 1.807) is 12.1 Å². The van der Waals surface area contributed by atoms with Crippen LogP contribution in [-0.2, 0) is 17.8 Å². The van der Waals surface area contributed by atoms with Crippen molar-refractivity contribution in [2.45, 2.75) is 20.0 Å². The molecule has 1 saturated heterocycles. The van der Waals surface area contributed by atoms with E-state index in [9.17, 15) is 4.79 Å². The first-order valence-electron chi connectivity index (χ1n) is 7.34. The largest absolute Gasteiger partial charge is 0.478 e. The standard InChI is InChI=1S/C16H20N2O3/c1-2-18-11-13(10-17-5-7-21-8-6-17)14-4-3-12(16(19)20)9-15(14)18/h3-4,9,11H,2,5-8,10H2,1H3,(H,19,20). The first-order valence-corrected chi connectivity index (χ1v) is 7.34. The van der Waals surface area contributed by atoms with Gasteiger partial charge in [0.05, 0.1) is 18.8 Å². The van der Waals surface area contributed by atoms with Crippen LogP contribution in [-0.4, -0.2) is 46.8 Å². The van der Waals surface area contributed by atoms with Gasteiger partial charge in [-0.1, -0.05) is 6.07 Å². The SMILES string of the molecule is CCn1cc(CN2CCOCC2)c2ccc(C(=O)O)cc21. The van der Waals surface area contributed by atoms with Crippen molar-refractivity contribution in [3.63, 3.8) is 0 Å². The van der Waals surface area contributed by atoms with Crippen molar-refractivity contribution >= 4 is 16.9 Å². The number of fused-ring (bicyclic) bond motifs is 1. The van der Waals surface area contributed by atoms with Crippen molar-refractivity contribution in [3.8, 4) is 0 Å². The summed E-state index contributed by atoms with van der Waals surface area (Å²) in [5.41, 5.74) is 2.60. The molecule has 1 aliphatic rings. The predicted molar refractivity (Wildman–Crippen MR) is 80.7 cm³/mol. The summed E-state index contributed by atoms with van der Waals surface area (Å²) < 4.78 is 7.50. The Labute approximate surface area is 123 Å². The Morgan fingerprint density at radius 3 is 2.76 bits per heavy atom. The van der Waals surface area contributed by atoms with Gasteiger partial charge in [-0.3, -0.25) is 4.90 Å². The summed E-state index contributed by atoms with van der Waals surface area (Å²) in [6.45, 7) is 7.27. The lowest BCUT2D eigenvalue weighted by atomic mass is 10.1. The van der Waals surface area contributed by atoms with Crippen LogP contribution in [0.15, 0.2) is 24.4 Å². The lowest BCUT2D eigenvalue weighted by Crippen LogP contribution is -2.35. The summed E-state index contributed by atoms with van der Waals surface area (Å²) in [5.74, 6) is -0.879. The van der Waals surface area contributed by atoms with E-state index in [2.05, 4.69) is 22.6 Å². The third-order valence-corrected chi connectivity index (χ3v) is 4.05. The Bertz CT molecular complexity index is 657. The number of aromatic nitrogens is 1. The number of morpholine rings is 1. The van der Waals surface area contributed by atoms with E-state index in [1.165, 1.54) is 5.56 Å². The maximum atomic E-state index is 11.1. The molecule has 0 aliphatic carbocycles. The summed E-state index contributed by atoms with van der Waals surface area (Å²) in [5, 5.41) is 10.3. The molecule has 1 N–H and O–H groups in total. The number of rotatable bonds is 4. The summed E-state index contributed by atoms with van der Waals surface area (Å²) in [7, 11) is 0. The Balaban J connectivity index is 1.96. The zero-order chi connectivity index (χ0) is 14.8. The average Bonchev–Trinajstić information content (AvgIpc) is 2.85. The zero-order valence-corrected chi connectivity index (χ0v) is 12.2. The van der Waals surface area contributed by atoms with Crippen molar-refractivity contribution in [1.82, 2.24) is 9.47 Å². The van der Waals surface area contributed by atoms with Crippen LogP contribution in [0.4, 0.5) is 0 Å². The van der Waals surface area contributed by atoms with Gasteiger partial charge >= 0.3 is 5.97 Å². The Morgan fingerprint density at radius 1 is 1.33 bits per heavy atom. The first kappa shape index (κ1) is 14.1. The molecule has 0 atom stereocenters. The molecule has 0 unspecified atom stereocenters. The molecule has 0 radical (unpaired) electrons. The van der Waals surface area contributed by atoms with Gasteiger partial charge in [0.1, 0.15) is 0 Å². The van der Waals surface area contributed by atoms with Gasteiger partial charge < -0.3 is 14.4 Å². The molecule has 1 aromatic carbocycles. The minimum Gasteiger partial charge on any atom is -0.478 e. The molecule has 112 valence electrons. The number of benzene rings is 1. The molecule has 3 rings (SSSR count). The number of hydrogen-bond acceptors (Lipinski definition) is 3. The van der Waals surface area contributed by atoms with Gasteiger partial charge in [-0.2, -0.15) is 0 Å². The highest BCUT2D eigenvalue weighted by molar-refractivity contribution is 5.94. The highest BCUT2D eigenvalue weighted by atomic mass is 16.5. The Kier molecular flexibility index (Phi) is 3.94. The monoisotopic (exact) mass is 288 g/mol. The second kappa shape index (κ2) is 5.87. The summed E-state index contributed by atoms with van der Waals surface area (Å²) in [6.07, 6.45) is 2.14. The van der Waals surface area contributed by atoms with E-state index < -0.39 is 5.97 Å². The van der Waals surface area contributed by atoms with Crippen LogP contribution < -0.4 is 0 Å². The molecule has 0 amide bonds. The van der Waals surface area contributed by atoms with Crippen LogP contribution in [0.5, 0.6) is 0 Å². The smallest absolute Gasteiger partial charge is 0.335 e. The topological polar surface area (TPSA) is 54.7 Å². The van der Waals surface area contributed by atoms with E-state index in [0.717, 1.165) is 50.3 Å². The molecule has 5 nitrogen and oxygen atoms in total. The molecule has 2 aromatic rings. The minimum absolute atomic E-state index is 0.341. The maximum Gasteiger partial charge on any atom is 0.335 e. The van der Waals surface area contributed by atoms with E-state index in [-0.39, 0.29) is 0 Å². The van der Waals surface area contributed by atoms with Gasteiger partial charge in [-0.05, 0) is 24.6 Å². The Morgan fingerprint density at radius 2 is 2.10 bits per heavy atom. The average molecular weight is 288 g/mol. The van der Waals surface area contributed by atoms with Crippen molar-refractivity contribution in [1.29, 1.82) is 0 Å². The van der Waals surface area contributed by atoms with Crippen molar-refractivity contribution in [2.75, 3.05) is 26.3 Å². The van der Waals surface area contributed by atoms with Crippen LogP contribution >= 0.6 is 0 Å². The second-order valence-corrected chi connectivity index (χ2v) is 5.37. The van der Waals surface area contributed by atoms with Crippen molar-refractivity contribution < 1.29 is 14.6 Å². The third-order valence-electron chi connectivity index (χ3n) is 4.05. The molecule has 21 heavy (non-hydrogen) atoms. The normalized spacial score (nSPS) is 16.4. The quantitative estimate of drug-likeness (QED) is 0.937. The third kappa shape index (κ3) is 2.80. The number of carboxylic acid groups (broad SMARTS) is 1. The molecular formula is C16H20N2O3. The minimum atomic E-state index is -0.879. The lowest BCUT2D eigenvalue weighted by molar-refractivity contribution is 0.0343. The van der Waals surface area contributed by atoms with Crippen LogP contribution in [0.25, 0.3) is 10.9 Å². The fraction of sp³-hybridized carbons (Fsp3) is 0.438. The zero-order valence-electron chi connectivity index (χ0n) is 12.2. The molecule has 2 heterocycles. The number of carboxylic acids is 1. The van der Waals surface area contributed by atoms with Gasteiger partial charge in [0, 0.05) is 43.3 Å². The maximum absolute atomic E-state index is 11.1. The van der Waals surface area contributed by atoms with Crippen molar-refractivity contribution in [3.05, 3.63) is 35.5 Å². The molecule has 1 aromatic heterocycles. The van der Waals surface area contributed by atoms with Crippen molar-refractivity contribution in [2.24, 2.45) is 0 Å². The van der Waals surface area contributed by atoms with E-state index >= 15 is 0 Å². The summed E-state index contributed by atoms with van der Waals surface area (Å²) >= 11 is 0. The number of carbonyl (C=O) groups is 1. The molecule has 5 heteroatoms. The van der Waals surface area contributed by atoms with Crippen LogP contribution in [0.2, 0.25) is 0 Å². The highest BCUT2D eigenvalue weighted by Crippen LogP contribution is 2.24. The fourth-order valence-electron chi connectivity index (χ4n) is 2.89. The molecule has 1 aliphatic heterocycles.